The molecule has 12 heteroatoms. The fourth-order valence-electron chi connectivity index (χ4n) is 3.36. The average Bonchev–Trinajstić information content (AvgIpc) is 3.13. The van der Waals surface area contributed by atoms with Crippen LogP contribution in [-0.4, -0.2) is 56.7 Å². The van der Waals surface area contributed by atoms with Gasteiger partial charge >= 0.3 is 11.7 Å². The van der Waals surface area contributed by atoms with Gasteiger partial charge in [-0.15, -0.1) is 0 Å². The Morgan fingerprint density at radius 3 is 2.53 bits per heavy atom. The number of nitrogens with one attached hydrogen (secondary N) is 1. The van der Waals surface area contributed by atoms with Gasteiger partial charge < -0.3 is 24.1 Å². The Morgan fingerprint density at radius 1 is 1.23 bits per heavy atom. The molecular weight excluding hydrogens is 398 g/mol. The first-order valence-electron chi connectivity index (χ1n) is 9.09. The number of aromatic nitrogens is 4. The highest BCUT2D eigenvalue weighted by molar-refractivity contribution is 5.75. The molecule has 1 amide bonds. The standard InChI is InChI=1S/C18H23N5O7/c1-9(24)20-11-6-12(13(7-29-10(2)25)30-17(11)28-5)23-8-19-15-14(23)16(26)22(4)18(27)21(15)3/h6,8,12-13,17H,7H2,1-5H3,(H,20,24)/t12-,13-,17+/m1/s1. The second-order valence-electron chi connectivity index (χ2n) is 6.87. The van der Waals surface area contributed by atoms with Crippen molar-refractivity contribution in [1.82, 2.24) is 24.0 Å². The van der Waals surface area contributed by atoms with Gasteiger partial charge in [-0.05, 0) is 6.08 Å². The maximum atomic E-state index is 12.8. The summed E-state index contributed by atoms with van der Waals surface area (Å²) >= 11 is 0. The summed E-state index contributed by atoms with van der Waals surface area (Å²) in [5.41, 5.74) is -0.367. The van der Waals surface area contributed by atoms with E-state index in [0.29, 0.717) is 5.70 Å². The number of ether oxygens (including phenoxy) is 3. The summed E-state index contributed by atoms with van der Waals surface area (Å²) in [4.78, 5) is 52.2. The van der Waals surface area contributed by atoms with Crippen LogP contribution in [0.5, 0.6) is 0 Å². The van der Waals surface area contributed by atoms with Crippen LogP contribution in [0.15, 0.2) is 27.7 Å². The first-order valence-corrected chi connectivity index (χ1v) is 9.09. The molecule has 1 aliphatic rings. The third kappa shape index (κ3) is 3.78. The van der Waals surface area contributed by atoms with E-state index in [4.69, 9.17) is 14.2 Å². The van der Waals surface area contributed by atoms with Crippen LogP contribution in [0.2, 0.25) is 0 Å². The fraction of sp³-hybridized carbons (Fsp3) is 0.500. The topological polar surface area (TPSA) is 136 Å². The Bertz CT molecular complexity index is 1140. The lowest BCUT2D eigenvalue weighted by molar-refractivity contribution is -0.175. The molecule has 0 spiro atoms. The van der Waals surface area contributed by atoms with Gasteiger partial charge in [-0.25, -0.2) is 9.78 Å². The van der Waals surface area contributed by atoms with Crippen LogP contribution >= 0.6 is 0 Å². The molecule has 3 heterocycles. The van der Waals surface area contributed by atoms with E-state index in [9.17, 15) is 19.2 Å². The number of hydrogen-bond donors (Lipinski definition) is 1. The summed E-state index contributed by atoms with van der Waals surface area (Å²) in [7, 11) is 4.28. The normalized spacial score (nSPS) is 21.4. The van der Waals surface area contributed by atoms with Crippen molar-refractivity contribution in [2.24, 2.45) is 14.1 Å². The summed E-state index contributed by atoms with van der Waals surface area (Å²) in [6.07, 6.45) is 1.39. The number of esters is 1. The molecule has 0 saturated heterocycles. The Morgan fingerprint density at radius 2 is 1.93 bits per heavy atom. The van der Waals surface area contributed by atoms with E-state index >= 15 is 0 Å². The van der Waals surface area contributed by atoms with Crippen LogP contribution in [0.3, 0.4) is 0 Å². The molecule has 3 rings (SSSR count). The lowest BCUT2D eigenvalue weighted by Crippen LogP contribution is -2.44. The van der Waals surface area contributed by atoms with Crippen LogP contribution in [-0.2, 0) is 37.9 Å². The quantitative estimate of drug-likeness (QED) is 0.603. The van der Waals surface area contributed by atoms with Gasteiger partial charge in [0, 0.05) is 35.1 Å². The molecule has 1 N–H and O–H groups in total. The molecule has 30 heavy (non-hydrogen) atoms. The number of aryl methyl sites for hydroxylation is 1. The summed E-state index contributed by atoms with van der Waals surface area (Å²) in [5, 5.41) is 2.65. The van der Waals surface area contributed by atoms with E-state index in [2.05, 4.69) is 10.3 Å². The van der Waals surface area contributed by atoms with Crippen LogP contribution in [0.25, 0.3) is 11.2 Å². The molecule has 0 radical (unpaired) electrons. The fourth-order valence-corrected chi connectivity index (χ4v) is 3.36. The lowest BCUT2D eigenvalue weighted by atomic mass is 10.1. The zero-order valence-corrected chi connectivity index (χ0v) is 17.2. The van der Waals surface area contributed by atoms with Gasteiger partial charge in [-0.3, -0.25) is 23.5 Å². The van der Waals surface area contributed by atoms with Crippen molar-refractivity contribution in [2.75, 3.05) is 13.7 Å². The number of nitrogens with zero attached hydrogens (tertiary/aromatic N) is 4. The monoisotopic (exact) mass is 421 g/mol. The molecule has 1 aliphatic heterocycles. The molecule has 0 aromatic carbocycles. The SMILES string of the molecule is CO[C@H]1O[C@H](COC(C)=O)[C@H](n2cnc3c2c(=O)n(C)c(=O)n3C)C=C1NC(C)=O. The van der Waals surface area contributed by atoms with Gasteiger partial charge in [0.25, 0.3) is 5.56 Å². The number of rotatable bonds is 5. The number of imidazole rings is 1. The van der Waals surface area contributed by atoms with Gasteiger partial charge in [0.05, 0.1) is 18.1 Å². The smallest absolute Gasteiger partial charge is 0.332 e. The third-order valence-corrected chi connectivity index (χ3v) is 4.76. The number of methoxy groups -OCH3 is 1. The van der Waals surface area contributed by atoms with Gasteiger partial charge in [0.2, 0.25) is 5.91 Å². The summed E-state index contributed by atoms with van der Waals surface area (Å²) < 4.78 is 20.1. The van der Waals surface area contributed by atoms with E-state index < -0.39 is 35.7 Å². The van der Waals surface area contributed by atoms with E-state index in [1.54, 1.807) is 6.08 Å². The predicted molar refractivity (Wildman–Crippen MR) is 103 cm³/mol. The molecule has 12 nitrogen and oxygen atoms in total. The van der Waals surface area contributed by atoms with Crippen molar-refractivity contribution in [3.8, 4) is 0 Å². The van der Waals surface area contributed by atoms with Crippen molar-refractivity contribution in [1.29, 1.82) is 0 Å². The van der Waals surface area contributed by atoms with Crippen LogP contribution in [0.1, 0.15) is 19.9 Å². The van der Waals surface area contributed by atoms with Crippen molar-refractivity contribution in [3.63, 3.8) is 0 Å². The molecular formula is C18H23N5O7. The minimum Gasteiger partial charge on any atom is -0.463 e. The maximum Gasteiger partial charge on any atom is 0.332 e. The number of amides is 1. The molecule has 3 atom stereocenters. The summed E-state index contributed by atoms with van der Waals surface area (Å²) in [6.45, 7) is 2.48. The molecule has 0 saturated carbocycles. The van der Waals surface area contributed by atoms with E-state index in [0.717, 1.165) is 4.57 Å². The number of hydrogen-bond acceptors (Lipinski definition) is 8. The first-order chi connectivity index (χ1) is 14.1. The Labute approximate surface area is 170 Å². The largest absolute Gasteiger partial charge is 0.463 e. The predicted octanol–water partition coefficient (Wildman–Crippen LogP) is -1.07. The second-order valence-corrected chi connectivity index (χ2v) is 6.87. The first kappa shape index (κ1) is 21.5. The minimum atomic E-state index is -0.910. The highest BCUT2D eigenvalue weighted by Crippen LogP contribution is 2.29. The zero-order valence-electron chi connectivity index (χ0n) is 17.2. The van der Waals surface area contributed by atoms with Gasteiger partial charge in [0.1, 0.15) is 12.7 Å². The molecule has 162 valence electrons. The van der Waals surface area contributed by atoms with Crippen molar-refractivity contribution >= 4 is 23.0 Å². The van der Waals surface area contributed by atoms with Crippen molar-refractivity contribution in [3.05, 3.63) is 38.9 Å². The van der Waals surface area contributed by atoms with E-state index in [-0.39, 0.29) is 23.7 Å². The number of fused-ring (bicyclic) bond motifs is 1. The average molecular weight is 421 g/mol. The molecule has 0 fully saturated rings. The highest BCUT2D eigenvalue weighted by Gasteiger charge is 2.36. The molecule has 0 bridgehead atoms. The van der Waals surface area contributed by atoms with Crippen molar-refractivity contribution < 1.29 is 23.8 Å². The molecule has 2 aromatic rings. The molecule has 0 unspecified atom stereocenters. The van der Waals surface area contributed by atoms with Crippen LogP contribution < -0.4 is 16.6 Å². The van der Waals surface area contributed by atoms with Crippen LogP contribution in [0, 0.1) is 0 Å². The maximum absolute atomic E-state index is 12.8. The van der Waals surface area contributed by atoms with Crippen molar-refractivity contribution in [2.45, 2.75) is 32.3 Å². The number of carbonyl (C=O) groups excluding carboxylic acids is 2. The van der Waals surface area contributed by atoms with E-state index in [1.807, 2.05) is 0 Å². The van der Waals surface area contributed by atoms with Gasteiger partial charge in [0.15, 0.2) is 17.5 Å². The van der Waals surface area contributed by atoms with Crippen LogP contribution in [0.4, 0.5) is 0 Å². The lowest BCUT2D eigenvalue weighted by Gasteiger charge is -2.35. The Balaban J connectivity index is 2.20. The number of carbonyl (C=O) groups is 2. The Hall–Kier alpha value is -3.25. The molecule has 2 aromatic heterocycles. The summed E-state index contributed by atoms with van der Waals surface area (Å²) in [6, 6.07) is -0.687. The Kier molecular flexibility index (Phi) is 5.89. The minimum absolute atomic E-state index is 0.129. The van der Waals surface area contributed by atoms with Gasteiger partial charge in [-0.1, -0.05) is 0 Å². The molecule has 0 aliphatic carbocycles. The summed E-state index contributed by atoms with van der Waals surface area (Å²) in [5.74, 6) is -0.838. The van der Waals surface area contributed by atoms with E-state index in [1.165, 1.54) is 50.5 Å². The second kappa shape index (κ2) is 8.24. The highest BCUT2D eigenvalue weighted by atomic mass is 16.7. The third-order valence-electron chi connectivity index (χ3n) is 4.76. The zero-order chi connectivity index (χ0) is 22.2. The van der Waals surface area contributed by atoms with Gasteiger partial charge in [-0.2, -0.15) is 0 Å².